The van der Waals surface area contributed by atoms with Crippen LogP contribution in [0.15, 0.2) is 109 Å². The Balaban J connectivity index is 1.08. The van der Waals surface area contributed by atoms with Crippen molar-refractivity contribution < 1.29 is 19.1 Å². The Morgan fingerprint density at radius 3 is 1.29 bits per heavy atom. The zero-order valence-electron chi connectivity index (χ0n) is 23.3. The number of rotatable bonds is 10. The first kappa shape index (κ1) is 28.0. The fourth-order valence-corrected chi connectivity index (χ4v) is 4.94. The predicted octanol–water partition coefficient (Wildman–Crippen LogP) is 5.92. The third kappa shape index (κ3) is 7.98. The van der Waals surface area contributed by atoms with E-state index < -0.39 is 0 Å². The highest BCUT2D eigenvalue weighted by molar-refractivity contribution is 5.95. The highest BCUT2D eigenvalue weighted by Crippen LogP contribution is 2.18. The van der Waals surface area contributed by atoms with Crippen molar-refractivity contribution in [1.82, 2.24) is 9.80 Å². The smallest absolute Gasteiger partial charge is 0.253 e. The van der Waals surface area contributed by atoms with Crippen molar-refractivity contribution in [2.24, 2.45) is 0 Å². The van der Waals surface area contributed by atoms with E-state index >= 15 is 0 Å². The lowest BCUT2D eigenvalue weighted by Crippen LogP contribution is -2.37. The summed E-state index contributed by atoms with van der Waals surface area (Å²) in [7, 11) is 0. The van der Waals surface area contributed by atoms with Gasteiger partial charge in [0.1, 0.15) is 11.5 Å². The maximum absolute atomic E-state index is 13.2. The molecule has 6 heteroatoms. The Morgan fingerprint density at radius 1 is 0.512 bits per heavy atom. The molecule has 4 aromatic rings. The van der Waals surface area contributed by atoms with Gasteiger partial charge in [0.25, 0.3) is 11.8 Å². The molecule has 0 bridgehead atoms. The monoisotopic (exact) mass is 548 g/mol. The number of carbonyl (C=O) groups is 2. The van der Waals surface area contributed by atoms with Gasteiger partial charge in [-0.2, -0.15) is 0 Å². The number of hydrogen-bond donors (Lipinski definition) is 0. The molecule has 1 aliphatic rings. The second-order valence-electron chi connectivity index (χ2n) is 10.2. The van der Waals surface area contributed by atoms with Crippen LogP contribution in [0.4, 0.5) is 0 Å². The van der Waals surface area contributed by atoms with Gasteiger partial charge >= 0.3 is 0 Å². The molecule has 210 valence electrons. The van der Waals surface area contributed by atoms with E-state index in [2.05, 4.69) is 24.3 Å². The average molecular weight is 549 g/mol. The molecule has 1 fully saturated rings. The summed E-state index contributed by atoms with van der Waals surface area (Å²) in [6.07, 6.45) is 2.40. The Hall–Kier alpha value is -4.58. The maximum atomic E-state index is 13.2. The van der Waals surface area contributed by atoms with Gasteiger partial charge in [-0.15, -0.1) is 0 Å². The first-order valence-electron chi connectivity index (χ1n) is 14.3. The largest absolute Gasteiger partial charge is 0.493 e. The standard InChI is InChI=1S/C35H36N2O4/c38-34(30-12-16-32(17-13-30)40-26-20-28-8-3-1-4-9-28)36-22-7-23-37(25-24-36)35(39)31-14-18-33(19-15-31)41-27-21-29-10-5-2-6-11-29/h1-6,8-19H,7,20-27H2. The summed E-state index contributed by atoms with van der Waals surface area (Å²) in [6, 6.07) is 35.1. The van der Waals surface area contributed by atoms with E-state index in [0.717, 1.165) is 30.8 Å². The van der Waals surface area contributed by atoms with Crippen molar-refractivity contribution in [2.75, 3.05) is 39.4 Å². The van der Waals surface area contributed by atoms with Gasteiger partial charge < -0.3 is 19.3 Å². The predicted molar refractivity (Wildman–Crippen MR) is 161 cm³/mol. The number of ether oxygens (including phenoxy) is 2. The Morgan fingerprint density at radius 2 is 0.902 bits per heavy atom. The van der Waals surface area contributed by atoms with E-state index in [1.54, 1.807) is 0 Å². The van der Waals surface area contributed by atoms with Crippen LogP contribution in [-0.2, 0) is 12.8 Å². The molecule has 0 aliphatic carbocycles. The average Bonchev–Trinajstić information content (AvgIpc) is 3.29. The first-order valence-corrected chi connectivity index (χ1v) is 14.3. The summed E-state index contributed by atoms with van der Waals surface area (Å²) in [4.78, 5) is 30.1. The van der Waals surface area contributed by atoms with Crippen LogP contribution < -0.4 is 9.47 Å². The topological polar surface area (TPSA) is 59.1 Å². The number of benzene rings is 4. The first-order chi connectivity index (χ1) is 20.2. The van der Waals surface area contributed by atoms with E-state index in [1.807, 2.05) is 94.7 Å². The second kappa shape index (κ2) is 14.2. The van der Waals surface area contributed by atoms with Crippen LogP contribution in [0.3, 0.4) is 0 Å². The van der Waals surface area contributed by atoms with Crippen molar-refractivity contribution in [1.29, 1.82) is 0 Å². The molecule has 2 amide bonds. The molecule has 41 heavy (non-hydrogen) atoms. The van der Waals surface area contributed by atoms with E-state index in [9.17, 15) is 9.59 Å². The molecule has 1 saturated heterocycles. The molecule has 4 aromatic carbocycles. The van der Waals surface area contributed by atoms with Crippen LogP contribution in [0.25, 0.3) is 0 Å². The molecule has 0 N–H and O–H groups in total. The normalized spacial score (nSPS) is 13.4. The molecule has 0 unspecified atom stereocenters. The van der Waals surface area contributed by atoms with Gasteiger partial charge in [0.15, 0.2) is 0 Å². The molecule has 0 spiro atoms. The second-order valence-corrected chi connectivity index (χ2v) is 10.2. The third-order valence-electron chi connectivity index (χ3n) is 7.28. The van der Waals surface area contributed by atoms with Gasteiger partial charge in [-0.3, -0.25) is 9.59 Å². The van der Waals surface area contributed by atoms with Gasteiger partial charge in [0.05, 0.1) is 13.2 Å². The van der Waals surface area contributed by atoms with Gasteiger partial charge in [-0.1, -0.05) is 60.7 Å². The van der Waals surface area contributed by atoms with Crippen LogP contribution in [0.2, 0.25) is 0 Å². The number of hydrogen-bond acceptors (Lipinski definition) is 4. The summed E-state index contributed by atoms with van der Waals surface area (Å²) < 4.78 is 11.7. The number of amides is 2. The van der Waals surface area contributed by atoms with E-state index in [1.165, 1.54) is 11.1 Å². The number of nitrogens with zero attached hydrogens (tertiary/aromatic N) is 2. The van der Waals surface area contributed by atoms with Gasteiger partial charge in [0, 0.05) is 50.1 Å². The Kier molecular flexibility index (Phi) is 9.67. The van der Waals surface area contributed by atoms with Crippen LogP contribution in [-0.4, -0.2) is 61.0 Å². The van der Waals surface area contributed by atoms with E-state index in [4.69, 9.17) is 9.47 Å². The van der Waals surface area contributed by atoms with Crippen molar-refractivity contribution >= 4 is 11.8 Å². The fourth-order valence-electron chi connectivity index (χ4n) is 4.94. The molecule has 0 saturated carbocycles. The number of carbonyl (C=O) groups excluding carboxylic acids is 2. The van der Waals surface area contributed by atoms with E-state index in [-0.39, 0.29) is 11.8 Å². The van der Waals surface area contributed by atoms with Crippen molar-refractivity contribution in [3.8, 4) is 11.5 Å². The highest BCUT2D eigenvalue weighted by atomic mass is 16.5. The molecule has 6 nitrogen and oxygen atoms in total. The van der Waals surface area contributed by atoms with Crippen LogP contribution in [0.1, 0.15) is 38.3 Å². The zero-order chi connectivity index (χ0) is 28.3. The maximum Gasteiger partial charge on any atom is 0.253 e. The fraction of sp³-hybridized carbons (Fsp3) is 0.257. The van der Waals surface area contributed by atoms with Gasteiger partial charge in [-0.25, -0.2) is 0 Å². The molecular weight excluding hydrogens is 512 g/mol. The van der Waals surface area contributed by atoms with E-state index in [0.29, 0.717) is 50.5 Å². The summed E-state index contributed by atoms with van der Waals surface area (Å²) >= 11 is 0. The van der Waals surface area contributed by atoms with Crippen molar-refractivity contribution in [3.05, 3.63) is 131 Å². The molecule has 0 atom stereocenters. The molecule has 0 radical (unpaired) electrons. The summed E-state index contributed by atoms with van der Waals surface area (Å²) in [6.45, 7) is 3.40. The van der Waals surface area contributed by atoms with Crippen LogP contribution in [0, 0.1) is 0 Å². The Labute approximate surface area is 242 Å². The summed E-state index contributed by atoms with van der Waals surface area (Å²) in [5.41, 5.74) is 3.72. The molecule has 0 aromatic heterocycles. The van der Waals surface area contributed by atoms with Crippen molar-refractivity contribution in [3.63, 3.8) is 0 Å². The summed E-state index contributed by atoms with van der Waals surface area (Å²) in [5, 5.41) is 0. The van der Waals surface area contributed by atoms with Gasteiger partial charge in [0.2, 0.25) is 0 Å². The minimum atomic E-state index is -0.0212. The van der Waals surface area contributed by atoms with Crippen LogP contribution in [0.5, 0.6) is 11.5 Å². The van der Waals surface area contributed by atoms with Crippen molar-refractivity contribution in [2.45, 2.75) is 19.3 Å². The molecular formula is C35H36N2O4. The lowest BCUT2D eigenvalue weighted by molar-refractivity contribution is 0.0718. The third-order valence-corrected chi connectivity index (χ3v) is 7.28. The van der Waals surface area contributed by atoms with Gasteiger partial charge in [-0.05, 0) is 66.1 Å². The lowest BCUT2D eigenvalue weighted by Gasteiger charge is -2.22. The minimum Gasteiger partial charge on any atom is -0.493 e. The summed E-state index contributed by atoms with van der Waals surface area (Å²) in [5.74, 6) is 1.45. The molecule has 1 heterocycles. The SMILES string of the molecule is O=C(c1ccc(OCCc2ccccc2)cc1)N1CCCN(C(=O)c2ccc(OCCc3ccccc3)cc2)CC1. The molecule has 5 rings (SSSR count). The van der Waals surface area contributed by atoms with Crippen LogP contribution >= 0.6 is 0 Å². The zero-order valence-corrected chi connectivity index (χ0v) is 23.3. The quantitative estimate of drug-likeness (QED) is 0.247. The highest BCUT2D eigenvalue weighted by Gasteiger charge is 2.23. The Bertz CT molecular complexity index is 1280. The lowest BCUT2D eigenvalue weighted by atomic mass is 10.1. The minimum absolute atomic E-state index is 0.0212. The molecule has 1 aliphatic heterocycles.